The average molecular weight is 261 g/mol. The molecule has 0 spiro atoms. The topological polar surface area (TPSA) is 97.6 Å². The molecule has 0 atom stereocenters. The number of amides is 1. The van der Waals surface area contributed by atoms with Crippen LogP contribution >= 0.6 is 0 Å². The highest BCUT2D eigenvalue weighted by atomic mass is 16.1. The summed E-state index contributed by atoms with van der Waals surface area (Å²) < 4.78 is 0. The summed E-state index contributed by atoms with van der Waals surface area (Å²) in [5.74, 6) is 0.545. The van der Waals surface area contributed by atoms with Crippen LogP contribution in [0.2, 0.25) is 0 Å². The molecule has 0 aliphatic heterocycles. The normalized spacial score (nSPS) is 10.2. The fourth-order valence-electron chi connectivity index (χ4n) is 1.43. The van der Waals surface area contributed by atoms with E-state index in [2.05, 4.69) is 38.0 Å². The van der Waals surface area contributed by atoms with Gasteiger partial charge in [-0.15, -0.1) is 5.10 Å². The Morgan fingerprint density at radius 3 is 3.00 bits per heavy atom. The Kier molecular flexibility index (Phi) is 4.01. The molecule has 0 saturated carbocycles. The van der Waals surface area contributed by atoms with E-state index in [4.69, 9.17) is 0 Å². The van der Waals surface area contributed by atoms with E-state index in [-0.39, 0.29) is 11.9 Å². The van der Waals surface area contributed by atoms with Gasteiger partial charge in [0.1, 0.15) is 5.82 Å². The van der Waals surface area contributed by atoms with Crippen molar-refractivity contribution in [2.75, 3.05) is 17.2 Å². The van der Waals surface area contributed by atoms with Crippen LogP contribution in [0.1, 0.15) is 23.7 Å². The first-order valence-electron chi connectivity index (χ1n) is 5.94. The van der Waals surface area contributed by atoms with Crippen molar-refractivity contribution in [3.05, 3.63) is 23.9 Å². The average Bonchev–Trinajstić information content (AvgIpc) is 2.82. The third-order valence-electron chi connectivity index (χ3n) is 2.31. The predicted molar refractivity (Wildman–Crippen MR) is 69.8 cm³/mol. The minimum atomic E-state index is -0.296. The molecule has 8 nitrogen and oxygen atoms in total. The summed E-state index contributed by atoms with van der Waals surface area (Å²) in [6, 6.07) is 3.31. The van der Waals surface area contributed by atoms with Crippen LogP contribution in [0.5, 0.6) is 0 Å². The third kappa shape index (κ3) is 3.47. The lowest BCUT2D eigenvalue weighted by atomic mass is 10.2. The van der Waals surface area contributed by atoms with Crippen LogP contribution in [0.4, 0.5) is 11.8 Å². The first kappa shape index (κ1) is 12.9. The molecule has 0 aliphatic carbocycles. The first-order chi connectivity index (χ1) is 9.19. The molecule has 0 radical (unpaired) electrons. The summed E-state index contributed by atoms with van der Waals surface area (Å²) >= 11 is 0. The van der Waals surface area contributed by atoms with Gasteiger partial charge in [-0.3, -0.25) is 10.1 Å². The van der Waals surface area contributed by atoms with Crippen LogP contribution in [0.3, 0.4) is 0 Å². The molecule has 0 aromatic carbocycles. The fraction of sp³-hybridized carbons (Fsp3) is 0.364. The Hall–Kier alpha value is -2.51. The number of hydrogen-bond donors (Lipinski definition) is 2. The highest BCUT2D eigenvalue weighted by Gasteiger charge is 2.10. The van der Waals surface area contributed by atoms with E-state index in [9.17, 15) is 4.79 Å². The fourth-order valence-corrected chi connectivity index (χ4v) is 1.43. The number of tetrazole rings is 1. The Labute approximate surface area is 110 Å². The second kappa shape index (κ2) is 5.89. The second-order valence-corrected chi connectivity index (χ2v) is 3.91. The lowest BCUT2D eigenvalue weighted by Crippen LogP contribution is -2.14. The van der Waals surface area contributed by atoms with Crippen molar-refractivity contribution < 1.29 is 4.79 Å². The van der Waals surface area contributed by atoms with Gasteiger partial charge in [0.2, 0.25) is 0 Å². The molecular formula is C11H15N7O. The van der Waals surface area contributed by atoms with Crippen molar-refractivity contribution in [3.8, 4) is 0 Å². The molecular weight excluding hydrogens is 246 g/mol. The Balaban J connectivity index is 2.06. The maximum Gasteiger partial charge on any atom is 0.270 e. The van der Waals surface area contributed by atoms with Crippen molar-refractivity contribution in [1.82, 2.24) is 25.2 Å². The van der Waals surface area contributed by atoms with Gasteiger partial charge < -0.3 is 5.32 Å². The molecule has 1 amide bonds. The van der Waals surface area contributed by atoms with Gasteiger partial charge in [-0.2, -0.15) is 4.80 Å². The van der Waals surface area contributed by atoms with Gasteiger partial charge in [-0.05, 0) is 23.8 Å². The number of anilines is 2. The first-order valence-corrected chi connectivity index (χ1v) is 5.94. The van der Waals surface area contributed by atoms with Crippen molar-refractivity contribution in [3.63, 3.8) is 0 Å². The number of pyridine rings is 1. The summed E-state index contributed by atoms with van der Waals surface area (Å²) in [4.78, 5) is 17.4. The van der Waals surface area contributed by atoms with Gasteiger partial charge >= 0.3 is 0 Å². The largest absolute Gasteiger partial charge is 0.370 e. The number of hydrogen-bond acceptors (Lipinski definition) is 6. The number of aryl methyl sites for hydroxylation is 1. The SMILES string of the molecule is CCCNc1cc(C(=O)Nc2nnn(C)n2)ccn1. The Morgan fingerprint density at radius 1 is 1.47 bits per heavy atom. The number of nitrogens with one attached hydrogen (secondary N) is 2. The van der Waals surface area contributed by atoms with Gasteiger partial charge in [0, 0.05) is 18.3 Å². The quantitative estimate of drug-likeness (QED) is 0.821. The van der Waals surface area contributed by atoms with Crippen LogP contribution in [0, 0.1) is 0 Å². The molecule has 8 heteroatoms. The van der Waals surface area contributed by atoms with Crippen molar-refractivity contribution in [1.29, 1.82) is 0 Å². The van der Waals surface area contributed by atoms with E-state index < -0.39 is 0 Å². The number of carbonyl (C=O) groups excluding carboxylic acids is 1. The Morgan fingerprint density at radius 2 is 2.32 bits per heavy atom. The molecule has 19 heavy (non-hydrogen) atoms. The molecule has 0 fully saturated rings. The minimum Gasteiger partial charge on any atom is -0.370 e. The van der Waals surface area contributed by atoms with Crippen LogP contribution in [-0.4, -0.2) is 37.6 Å². The zero-order chi connectivity index (χ0) is 13.7. The van der Waals surface area contributed by atoms with Gasteiger partial charge in [0.25, 0.3) is 11.9 Å². The van der Waals surface area contributed by atoms with Crippen molar-refractivity contribution >= 4 is 17.7 Å². The van der Waals surface area contributed by atoms with E-state index in [0.717, 1.165) is 13.0 Å². The van der Waals surface area contributed by atoms with Crippen LogP contribution in [-0.2, 0) is 7.05 Å². The molecule has 0 unspecified atom stereocenters. The maximum absolute atomic E-state index is 12.0. The predicted octanol–water partition coefficient (Wildman–Crippen LogP) is 0.679. The molecule has 2 aromatic heterocycles. The third-order valence-corrected chi connectivity index (χ3v) is 2.31. The van der Waals surface area contributed by atoms with E-state index in [1.807, 2.05) is 0 Å². The molecule has 100 valence electrons. The smallest absolute Gasteiger partial charge is 0.270 e. The van der Waals surface area contributed by atoms with Crippen LogP contribution < -0.4 is 10.6 Å². The van der Waals surface area contributed by atoms with Crippen LogP contribution in [0.15, 0.2) is 18.3 Å². The molecule has 0 saturated heterocycles. The maximum atomic E-state index is 12.0. The lowest BCUT2D eigenvalue weighted by molar-refractivity contribution is 0.102. The Bertz CT molecular complexity index is 566. The summed E-state index contributed by atoms with van der Waals surface area (Å²) in [6.45, 7) is 2.87. The van der Waals surface area contributed by atoms with E-state index in [0.29, 0.717) is 11.4 Å². The minimum absolute atomic E-state index is 0.173. The van der Waals surface area contributed by atoms with E-state index in [1.54, 1.807) is 25.4 Å². The zero-order valence-electron chi connectivity index (χ0n) is 10.8. The van der Waals surface area contributed by atoms with Gasteiger partial charge in [0.15, 0.2) is 0 Å². The molecule has 2 aromatic rings. The van der Waals surface area contributed by atoms with Crippen LogP contribution in [0.25, 0.3) is 0 Å². The zero-order valence-corrected chi connectivity index (χ0v) is 10.8. The van der Waals surface area contributed by atoms with Crippen molar-refractivity contribution in [2.24, 2.45) is 7.05 Å². The number of carbonyl (C=O) groups is 1. The summed E-state index contributed by atoms with van der Waals surface area (Å²) in [6.07, 6.45) is 2.57. The summed E-state index contributed by atoms with van der Waals surface area (Å²) in [7, 11) is 1.63. The monoisotopic (exact) mass is 261 g/mol. The highest BCUT2D eigenvalue weighted by Crippen LogP contribution is 2.08. The standard InChI is InChI=1S/C11H15N7O/c1-3-5-12-9-7-8(4-6-13-9)10(19)14-11-15-17-18(2)16-11/h4,6-7H,3,5H2,1-2H3,(H,12,13)(H,14,16,19). The highest BCUT2D eigenvalue weighted by molar-refractivity contribution is 6.03. The molecule has 2 N–H and O–H groups in total. The second-order valence-electron chi connectivity index (χ2n) is 3.91. The molecule has 2 rings (SSSR count). The number of nitrogens with zero attached hydrogens (tertiary/aromatic N) is 5. The molecule has 0 bridgehead atoms. The van der Waals surface area contributed by atoms with Crippen molar-refractivity contribution in [2.45, 2.75) is 13.3 Å². The van der Waals surface area contributed by atoms with E-state index >= 15 is 0 Å². The lowest BCUT2D eigenvalue weighted by Gasteiger charge is -2.05. The van der Waals surface area contributed by atoms with Gasteiger partial charge in [-0.25, -0.2) is 4.98 Å². The number of rotatable bonds is 5. The molecule has 0 aliphatic rings. The summed E-state index contributed by atoms with van der Waals surface area (Å²) in [5, 5.41) is 16.9. The molecule has 2 heterocycles. The van der Waals surface area contributed by atoms with E-state index in [1.165, 1.54) is 4.80 Å². The number of aromatic nitrogens is 5. The van der Waals surface area contributed by atoms with Gasteiger partial charge in [0.05, 0.1) is 7.05 Å². The van der Waals surface area contributed by atoms with Gasteiger partial charge in [-0.1, -0.05) is 12.0 Å². The summed E-state index contributed by atoms with van der Waals surface area (Å²) in [5.41, 5.74) is 0.487.